The maximum absolute atomic E-state index is 7.16. The minimum atomic E-state index is -0.560. The van der Waals surface area contributed by atoms with E-state index < -0.39 is 10.8 Å². The van der Waals surface area contributed by atoms with Crippen molar-refractivity contribution in [2.45, 2.75) is 99.3 Å². The number of allylic oxidation sites excluding steroid dienone is 2. The predicted molar refractivity (Wildman–Crippen MR) is 287 cm³/mol. The van der Waals surface area contributed by atoms with Gasteiger partial charge in [-0.25, -0.2) is 0 Å². The fraction of sp³-hybridized carbons (Fsp3) is 0.235. The third-order valence-electron chi connectivity index (χ3n) is 18.1. The summed E-state index contributed by atoms with van der Waals surface area (Å²) in [6.45, 7) is 0. The zero-order valence-corrected chi connectivity index (χ0v) is 39.8. The Morgan fingerprint density at radius 2 is 0.900 bits per heavy atom. The molecule has 1 unspecified atom stereocenters. The minimum Gasteiger partial charge on any atom is -0.457 e. The molecule has 2 nitrogen and oxygen atoms in total. The van der Waals surface area contributed by atoms with E-state index in [0.717, 1.165) is 17.9 Å². The topological polar surface area (TPSA) is 12.5 Å². The van der Waals surface area contributed by atoms with Crippen LogP contribution in [0.5, 0.6) is 11.5 Å². The molecule has 340 valence electrons. The lowest BCUT2D eigenvalue weighted by Crippen LogP contribution is -2.35. The fourth-order valence-electron chi connectivity index (χ4n) is 15.1. The number of nitrogens with zero attached hydrogens (tertiary/aromatic N) is 1. The number of fused-ring (bicyclic) bond motifs is 19. The minimum absolute atomic E-state index is 0.0389. The monoisotopic (exact) mass is 903 g/mol. The molecule has 0 aromatic heterocycles. The van der Waals surface area contributed by atoms with Gasteiger partial charge in [-0.2, -0.15) is 0 Å². The van der Waals surface area contributed by atoms with Crippen LogP contribution in [0.1, 0.15) is 138 Å². The van der Waals surface area contributed by atoms with Gasteiger partial charge in [-0.05, 0) is 158 Å². The van der Waals surface area contributed by atoms with E-state index in [4.69, 9.17) is 4.74 Å². The van der Waals surface area contributed by atoms with E-state index in [1.807, 2.05) is 0 Å². The van der Waals surface area contributed by atoms with E-state index in [2.05, 4.69) is 199 Å². The number of para-hydroxylation sites is 2. The highest BCUT2D eigenvalue weighted by atomic mass is 16.5. The van der Waals surface area contributed by atoms with Crippen molar-refractivity contribution in [3.05, 3.63) is 255 Å². The predicted octanol–water partition coefficient (Wildman–Crippen LogP) is 17.5. The van der Waals surface area contributed by atoms with Gasteiger partial charge in [0.2, 0.25) is 0 Å². The average Bonchev–Trinajstić information content (AvgIpc) is 4.01. The van der Waals surface area contributed by atoms with Crippen molar-refractivity contribution < 1.29 is 4.74 Å². The van der Waals surface area contributed by atoms with E-state index in [1.54, 1.807) is 0 Å². The number of anilines is 2. The zero-order chi connectivity index (χ0) is 46.0. The Bertz CT molecular complexity index is 3370. The van der Waals surface area contributed by atoms with Crippen molar-refractivity contribution in [1.82, 2.24) is 0 Å². The smallest absolute Gasteiger partial charge is 0.132 e. The molecule has 2 spiro atoms. The lowest BCUT2D eigenvalue weighted by molar-refractivity contribution is 0.433. The number of hydrogen-bond acceptors (Lipinski definition) is 2. The van der Waals surface area contributed by atoms with Gasteiger partial charge in [0.15, 0.2) is 0 Å². The molecular weight excluding hydrogens is 847 g/mol. The SMILES string of the molecule is C1=C2C(=CC(N(c3ccccc3)c3ccc4c(c3)C3(c5ccccc5O4)c4cc(C5CCCCC5)ccc4-c4ccc(C5CCCCC5)cc43)C1)C1(c3ccccc32)c2ccccc2-c2ccccc21. The summed E-state index contributed by atoms with van der Waals surface area (Å²) in [5, 5.41) is 0. The summed E-state index contributed by atoms with van der Waals surface area (Å²) < 4.78 is 7.16. The molecule has 0 bridgehead atoms. The molecule has 8 aromatic rings. The van der Waals surface area contributed by atoms with Crippen molar-refractivity contribution >= 4 is 16.9 Å². The Balaban J connectivity index is 0.962. The second-order valence-electron chi connectivity index (χ2n) is 21.4. The van der Waals surface area contributed by atoms with Crippen LogP contribution >= 0.6 is 0 Å². The van der Waals surface area contributed by atoms with E-state index in [9.17, 15) is 0 Å². The highest BCUT2D eigenvalue weighted by Crippen LogP contribution is 2.66. The lowest BCUT2D eigenvalue weighted by Gasteiger charge is -2.41. The second-order valence-corrected chi connectivity index (χ2v) is 21.4. The molecule has 0 amide bonds. The van der Waals surface area contributed by atoms with Crippen LogP contribution in [0.15, 0.2) is 200 Å². The largest absolute Gasteiger partial charge is 0.457 e. The zero-order valence-electron chi connectivity index (χ0n) is 39.8. The van der Waals surface area contributed by atoms with Crippen LogP contribution in [0.2, 0.25) is 0 Å². The first kappa shape index (κ1) is 40.7. The van der Waals surface area contributed by atoms with Gasteiger partial charge >= 0.3 is 0 Å². The first-order valence-corrected chi connectivity index (χ1v) is 26.5. The molecule has 0 N–H and O–H groups in total. The van der Waals surface area contributed by atoms with Crippen LogP contribution in [0.3, 0.4) is 0 Å². The van der Waals surface area contributed by atoms with Crippen LogP contribution in [0, 0.1) is 0 Å². The molecule has 1 heterocycles. The number of benzene rings is 8. The van der Waals surface area contributed by atoms with Crippen LogP contribution in [-0.2, 0) is 10.8 Å². The number of rotatable bonds is 5. The summed E-state index contributed by atoms with van der Waals surface area (Å²) >= 11 is 0. The third-order valence-corrected chi connectivity index (χ3v) is 18.1. The van der Waals surface area contributed by atoms with Crippen molar-refractivity contribution in [1.29, 1.82) is 0 Å². The average molecular weight is 904 g/mol. The molecule has 15 rings (SSSR count). The third kappa shape index (κ3) is 5.62. The highest BCUT2D eigenvalue weighted by molar-refractivity contribution is 6.01. The summed E-state index contributed by atoms with van der Waals surface area (Å²) in [4.78, 5) is 2.64. The molecule has 0 saturated heterocycles. The van der Waals surface area contributed by atoms with Gasteiger partial charge in [0.05, 0.1) is 16.9 Å². The summed E-state index contributed by atoms with van der Waals surface area (Å²) in [7, 11) is 0. The standard InChI is InChI=1S/C68H57NO/c1-4-18-44(19-5-1)46-32-36-54-55-37-33-47(45-20-6-2-7-21-45)41-62(55)68(61(54)40-46)60-30-16-17-31-65(60)70-66-39-35-50(43-64(66)68)69(48-22-8-3-9-23-48)49-34-38-56-53-26-12-15-29-59(53)67(63(56)42-49)57-27-13-10-24-51(57)52-25-11-14-28-58(52)67/h3,8-17,22-33,35-45,49H,1-2,4-7,18-21,34H2. The summed E-state index contributed by atoms with van der Waals surface area (Å²) in [5.74, 6) is 3.10. The van der Waals surface area contributed by atoms with Gasteiger partial charge in [-0.3, -0.25) is 0 Å². The van der Waals surface area contributed by atoms with Gasteiger partial charge in [-0.1, -0.05) is 196 Å². The molecule has 7 aliphatic rings. The Labute approximate surface area is 413 Å². The second kappa shape index (κ2) is 15.7. The first-order valence-electron chi connectivity index (χ1n) is 26.5. The Kier molecular flexibility index (Phi) is 9.11. The van der Waals surface area contributed by atoms with E-state index in [1.165, 1.54) is 165 Å². The van der Waals surface area contributed by atoms with Crippen LogP contribution in [-0.4, -0.2) is 6.04 Å². The summed E-state index contributed by atoms with van der Waals surface area (Å²) in [5.41, 5.74) is 23.5. The van der Waals surface area contributed by atoms with Crippen molar-refractivity contribution in [2.24, 2.45) is 0 Å². The van der Waals surface area contributed by atoms with Crippen molar-refractivity contribution in [3.63, 3.8) is 0 Å². The van der Waals surface area contributed by atoms with Gasteiger partial charge in [0.25, 0.3) is 0 Å². The Hall–Kier alpha value is -7.16. The van der Waals surface area contributed by atoms with Crippen molar-refractivity contribution in [3.8, 4) is 33.8 Å². The molecule has 1 aliphatic heterocycles. The molecule has 2 fully saturated rings. The summed E-state index contributed by atoms with van der Waals surface area (Å²) in [6.07, 6.45) is 19.2. The van der Waals surface area contributed by atoms with Gasteiger partial charge < -0.3 is 9.64 Å². The molecule has 6 aliphatic carbocycles. The molecule has 1 atom stereocenters. The highest BCUT2D eigenvalue weighted by Gasteiger charge is 2.55. The van der Waals surface area contributed by atoms with Gasteiger partial charge in [0, 0.05) is 22.5 Å². The molecule has 8 aromatic carbocycles. The van der Waals surface area contributed by atoms with Crippen LogP contribution in [0.25, 0.3) is 27.8 Å². The van der Waals surface area contributed by atoms with E-state index >= 15 is 0 Å². The maximum atomic E-state index is 7.16. The number of ether oxygens (including phenoxy) is 1. The van der Waals surface area contributed by atoms with Gasteiger partial charge in [-0.15, -0.1) is 0 Å². The molecule has 0 radical (unpaired) electrons. The van der Waals surface area contributed by atoms with E-state index in [-0.39, 0.29) is 6.04 Å². The summed E-state index contributed by atoms with van der Waals surface area (Å²) in [6, 6.07) is 70.3. The first-order chi connectivity index (χ1) is 34.7. The quantitative estimate of drug-likeness (QED) is 0.171. The van der Waals surface area contributed by atoms with Crippen LogP contribution < -0.4 is 9.64 Å². The maximum Gasteiger partial charge on any atom is 0.132 e. The van der Waals surface area contributed by atoms with Gasteiger partial charge in [0.1, 0.15) is 11.5 Å². The molecule has 2 heteroatoms. The Morgan fingerprint density at radius 1 is 0.386 bits per heavy atom. The fourth-order valence-corrected chi connectivity index (χ4v) is 15.1. The lowest BCUT2D eigenvalue weighted by atomic mass is 9.65. The molecular formula is C68H57NO. The number of hydrogen-bond donors (Lipinski definition) is 0. The van der Waals surface area contributed by atoms with E-state index in [0.29, 0.717) is 11.8 Å². The van der Waals surface area contributed by atoms with Crippen molar-refractivity contribution in [2.75, 3.05) is 4.90 Å². The molecule has 70 heavy (non-hydrogen) atoms. The normalized spacial score (nSPS) is 19.6. The molecule has 2 saturated carbocycles. The van der Waals surface area contributed by atoms with Crippen LogP contribution in [0.4, 0.5) is 11.4 Å². The Morgan fingerprint density at radius 3 is 1.53 bits per heavy atom.